The molecule has 0 bridgehead atoms. The summed E-state index contributed by atoms with van der Waals surface area (Å²) in [6.07, 6.45) is 5.32. The number of benzene rings is 2. The van der Waals surface area contributed by atoms with Gasteiger partial charge in [-0.2, -0.15) is 0 Å². The zero-order valence-electron chi connectivity index (χ0n) is 16.2. The minimum Gasteiger partial charge on any atom is -0.457 e. The van der Waals surface area contributed by atoms with E-state index in [-0.39, 0.29) is 0 Å². The fourth-order valence-electron chi connectivity index (χ4n) is 4.03. The van der Waals surface area contributed by atoms with Crippen LogP contribution in [0.4, 0.5) is 0 Å². The van der Waals surface area contributed by atoms with E-state index in [1.54, 1.807) is 6.07 Å². The Kier molecular flexibility index (Phi) is 5.93. The first-order valence-corrected chi connectivity index (χ1v) is 10.2. The summed E-state index contributed by atoms with van der Waals surface area (Å²) in [5.74, 6) is 2.10. The third-order valence-electron chi connectivity index (χ3n) is 5.75. The molecule has 28 heavy (non-hydrogen) atoms. The molecule has 2 aromatic rings. The van der Waals surface area contributed by atoms with Crippen LogP contribution in [0, 0.1) is 5.92 Å². The molecule has 0 atom stereocenters. The molecule has 2 heterocycles. The molecule has 0 saturated carbocycles. The van der Waals surface area contributed by atoms with Crippen molar-refractivity contribution in [2.24, 2.45) is 11.7 Å². The molecule has 3 N–H and O–H groups in total. The molecule has 0 radical (unpaired) electrons. The van der Waals surface area contributed by atoms with E-state index in [4.69, 9.17) is 15.2 Å². The number of hydrogen-bond acceptors (Lipinski definition) is 4. The van der Waals surface area contributed by atoms with E-state index in [0.29, 0.717) is 5.56 Å². The van der Waals surface area contributed by atoms with Gasteiger partial charge in [-0.05, 0) is 85.5 Å². The second-order valence-electron chi connectivity index (χ2n) is 7.75. The van der Waals surface area contributed by atoms with Crippen LogP contribution in [0.15, 0.2) is 36.4 Å². The molecule has 0 unspecified atom stereocenters. The number of carbonyl (C=O) groups is 1. The Labute approximate surface area is 166 Å². The lowest BCUT2D eigenvalue weighted by atomic mass is 9.96. The van der Waals surface area contributed by atoms with E-state index in [0.717, 1.165) is 62.1 Å². The Morgan fingerprint density at radius 3 is 2.50 bits per heavy atom. The van der Waals surface area contributed by atoms with Crippen molar-refractivity contribution < 1.29 is 14.3 Å². The van der Waals surface area contributed by atoms with Crippen molar-refractivity contribution >= 4 is 5.91 Å². The Morgan fingerprint density at radius 2 is 1.75 bits per heavy atom. The van der Waals surface area contributed by atoms with Gasteiger partial charge in [-0.15, -0.1) is 0 Å². The maximum Gasteiger partial charge on any atom is 0.248 e. The summed E-state index contributed by atoms with van der Waals surface area (Å²) in [7, 11) is 0. The van der Waals surface area contributed by atoms with Gasteiger partial charge in [0.2, 0.25) is 5.91 Å². The molecular formula is C23H28N2O3. The minimum atomic E-state index is -0.404. The number of primary amides is 1. The van der Waals surface area contributed by atoms with E-state index in [1.807, 2.05) is 12.1 Å². The van der Waals surface area contributed by atoms with Gasteiger partial charge in [0.25, 0.3) is 0 Å². The summed E-state index contributed by atoms with van der Waals surface area (Å²) < 4.78 is 11.5. The average Bonchev–Trinajstić information content (AvgIpc) is 2.90. The largest absolute Gasteiger partial charge is 0.457 e. The van der Waals surface area contributed by atoms with Gasteiger partial charge in [-0.1, -0.05) is 12.1 Å². The highest BCUT2D eigenvalue weighted by atomic mass is 16.5. The summed E-state index contributed by atoms with van der Waals surface area (Å²) in [6.45, 7) is 3.74. The molecule has 1 fully saturated rings. The van der Waals surface area contributed by atoms with Crippen molar-refractivity contribution in [3.05, 3.63) is 58.7 Å². The van der Waals surface area contributed by atoms with Crippen molar-refractivity contribution in [1.82, 2.24) is 5.32 Å². The second-order valence-corrected chi connectivity index (χ2v) is 7.75. The highest BCUT2D eigenvalue weighted by Crippen LogP contribution is 2.34. The van der Waals surface area contributed by atoms with Crippen molar-refractivity contribution in [2.45, 2.75) is 38.6 Å². The number of nitrogens with one attached hydrogen (secondary N) is 1. The summed E-state index contributed by atoms with van der Waals surface area (Å²) in [6, 6.07) is 11.8. The molecule has 5 heteroatoms. The van der Waals surface area contributed by atoms with E-state index in [1.165, 1.54) is 30.4 Å². The Bertz CT molecular complexity index is 844. The van der Waals surface area contributed by atoms with Crippen LogP contribution >= 0.6 is 0 Å². The smallest absolute Gasteiger partial charge is 0.248 e. The fourth-order valence-corrected chi connectivity index (χ4v) is 4.03. The van der Waals surface area contributed by atoms with Crippen LogP contribution in [-0.2, 0) is 24.1 Å². The summed E-state index contributed by atoms with van der Waals surface area (Å²) in [5.41, 5.74) is 9.45. The molecule has 148 valence electrons. The standard InChI is InChI=1S/C23H28N2O3/c24-23(26)20-4-6-22-19(14-20)3-2-18-13-17(1-5-21(18)28-22)15-25-10-7-16-8-11-27-12-9-16/h1,4-6,13-14,16,25H,2-3,7-12,15H2,(H2,24,26). The Balaban J connectivity index is 1.35. The fraction of sp³-hybridized carbons (Fsp3) is 0.435. The summed E-state index contributed by atoms with van der Waals surface area (Å²) >= 11 is 0. The molecule has 1 saturated heterocycles. The number of rotatable bonds is 6. The van der Waals surface area contributed by atoms with Gasteiger partial charge < -0.3 is 20.5 Å². The average molecular weight is 380 g/mol. The van der Waals surface area contributed by atoms with Gasteiger partial charge in [0.1, 0.15) is 11.5 Å². The lowest BCUT2D eigenvalue weighted by Crippen LogP contribution is -2.22. The second kappa shape index (κ2) is 8.76. The van der Waals surface area contributed by atoms with E-state index in [9.17, 15) is 4.79 Å². The third kappa shape index (κ3) is 4.54. The lowest BCUT2D eigenvalue weighted by molar-refractivity contribution is 0.0639. The normalized spacial score (nSPS) is 16.6. The van der Waals surface area contributed by atoms with Gasteiger partial charge in [-0.25, -0.2) is 0 Å². The molecule has 2 aliphatic rings. The first-order valence-electron chi connectivity index (χ1n) is 10.2. The van der Waals surface area contributed by atoms with Gasteiger partial charge in [0.05, 0.1) is 0 Å². The van der Waals surface area contributed by atoms with Crippen LogP contribution in [0.1, 0.15) is 46.3 Å². The lowest BCUT2D eigenvalue weighted by Gasteiger charge is -2.22. The number of fused-ring (bicyclic) bond motifs is 2. The number of aryl methyl sites for hydroxylation is 2. The zero-order chi connectivity index (χ0) is 19.3. The first-order chi connectivity index (χ1) is 13.7. The molecule has 1 amide bonds. The van der Waals surface area contributed by atoms with Crippen LogP contribution in [0.3, 0.4) is 0 Å². The number of carbonyl (C=O) groups excluding carboxylic acids is 1. The van der Waals surface area contributed by atoms with Gasteiger partial charge in [0, 0.05) is 25.3 Å². The topological polar surface area (TPSA) is 73.6 Å². The van der Waals surface area contributed by atoms with Gasteiger partial charge in [0.15, 0.2) is 0 Å². The van der Waals surface area contributed by atoms with Crippen molar-refractivity contribution in [2.75, 3.05) is 19.8 Å². The summed E-state index contributed by atoms with van der Waals surface area (Å²) in [5, 5.41) is 3.58. The number of hydrogen-bond donors (Lipinski definition) is 2. The van der Waals surface area contributed by atoms with E-state index >= 15 is 0 Å². The Morgan fingerprint density at radius 1 is 1.04 bits per heavy atom. The molecule has 0 aliphatic carbocycles. The maximum atomic E-state index is 11.4. The molecule has 4 rings (SSSR count). The minimum absolute atomic E-state index is 0.404. The van der Waals surface area contributed by atoms with Crippen LogP contribution in [0.5, 0.6) is 11.5 Å². The third-order valence-corrected chi connectivity index (χ3v) is 5.75. The van der Waals surface area contributed by atoms with Crippen molar-refractivity contribution in [3.63, 3.8) is 0 Å². The Hall–Kier alpha value is -2.37. The number of ether oxygens (including phenoxy) is 2. The molecule has 0 spiro atoms. The van der Waals surface area contributed by atoms with Crippen molar-refractivity contribution in [1.29, 1.82) is 0 Å². The zero-order valence-corrected chi connectivity index (χ0v) is 16.2. The maximum absolute atomic E-state index is 11.4. The molecule has 5 nitrogen and oxygen atoms in total. The van der Waals surface area contributed by atoms with Crippen LogP contribution in [0.2, 0.25) is 0 Å². The van der Waals surface area contributed by atoms with Crippen LogP contribution in [-0.4, -0.2) is 25.7 Å². The quantitative estimate of drug-likeness (QED) is 0.751. The highest BCUT2D eigenvalue weighted by Gasteiger charge is 2.17. The molecule has 2 aromatic carbocycles. The van der Waals surface area contributed by atoms with Gasteiger partial charge in [-0.3, -0.25) is 4.79 Å². The van der Waals surface area contributed by atoms with E-state index < -0.39 is 5.91 Å². The van der Waals surface area contributed by atoms with Gasteiger partial charge >= 0.3 is 0 Å². The van der Waals surface area contributed by atoms with Crippen LogP contribution < -0.4 is 15.8 Å². The first kappa shape index (κ1) is 19.0. The number of amides is 1. The SMILES string of the molecule is NC(=O)c1ccc2c(c1)CCc1cc(CNCCC3CCOCC3)ccc1O2. The highest BCUT2D eigenvalue weighted by molar-refractivity contribution is 5.93. The molecular weight excluding hydrogens is 352 g/mol. The van der Waals surface area contributed by atoms with Crippen molar-refractivity contribution in [3.8, 4) is 11.5 Å². The monoisotopic (exact) mass is 380 g/mol. The summed E-state index contributed by atoms with van der Waals surface area (Å²) in [4.78, 5) is 11.4. The van der Waals surface area contributed by atoms with Crippen LogP contribution in [0.25, 0.3) is 0 Å². The predicted octanol–water partition coefficient (Wildman–Crippen LogP) is 3.58. The number of nitrogens with two attached hydrogens (primary N) is 1. The van der Waals surface area contributed by atoms with E-state index in [2.05, 4.69) is 23.5 Å². The molecule has 0 aromatic heterocycles. The molecule has 2 aliphatic heterocycles. The predicted molar refractivity (Wildman–Crippen MR) is 109 cm³/mol.